The standard InChI is InChI=1S/C13H16O3/c14-7-4-10-2-1-3-11(8-10)13(5-6-13)9-12(15)16/h1-3,8,14H,4-7,9H2,(H,15,16). The molecule has 2 N–H and O–H groups in total. The van der Waals surface area contributed by atoms with E-state index in [1.165, 1.54) is 0 Å². The van der Waals surface area contributed by atoms with Crippen LogP contribution >= 0.6 is 0 Å². The molecule has 0 atom stereocenters. The minimum Gasteiger partial charge on any atom is -0.481 e. The highest BCUT2D eigenvalue weighted by molar-refractivity contribution is 5.70. The summed E-state index contributed by atoms with van der Waals surface area (Å²) in [5, 5.41) is 17.8. The molecule has 0 aromatic heterocycles. The first-order chi connectivity index (χ1) is 7.66. The third-order valence-corrected chi connectivity index (χ3v) is 3.28. The van der Waals surface area contributed by atoms with Gasteiger partial charge in [-0.3, -0.25) is 4.79 Å². The topological polar surface area (TPSA) is 57.5 Å². The molecule has 86 valence electrons. The minimum absolute atomic E-state index is 0.128. The zero-order valence-electron chi connectivity index (χ0n) is 9.15. The van der Waals surface area contributed by atoms with E-state index >= 15 is 0 Å². The number of aliphatic hydroxyl groups is 1. The molecule has 0 spiro atoms. The fraction of sp³-hybridized carbons (Fsp3) is 0.462. The van der Waals surface area contributed by atoms with Crippen molar-refractivity contribution in [2.45, 2.75) is 31.1 Å². The molecular formula is C13H16O3. The quantitative estimate of drug-likeness (QED) is 0.794. The van der Waals surface area contributed by atoms with Crippen LogP contribution in [0.4, 0.5) is 0 Å². The Hall–Kier alpha value is -1.35. The molecule has 0 amide bonds. The summed E-state index contributed by atoms with van der Waals surface area (Å²) >= 11 is 0. The van der Waals surface area contributed by atoms with Crippen molar-refractivity contribution >= 4 is 5.97 Å². The predicted molar refractivity (Wildman–Crippen MR) is 60.4 cm³/mol. The van der Waals surface area contributed by atoms with E-state index < -0.39 is 5.97 Å². The van der Waals surface area contributed by atoms with Crippen LogP contribution in [0, 0.1) is 0 Å². The average Bonchev–Trinajstić information content (AvgIpc) is 2.99. The summed E-state index contributed by atoms with van der Waals surface area (Å²) in [7, 11) is 0. The fourth-order valence-corrected chi connectivity index (χ4v) is 2.19. The van der Waals surface area contributed by atoms with Crippen molar-refractivity contribution in [2.24, 2.45) is 0 Å². The van der Waals surface area contributed by atoms with Gasteiger partial charge in [-0.25, -0.2) is 0 Å². The number of aliphatic hydroxyl groups excluding tert-OH is 1. The molecule has 1 fully saturated rings. The van der Waals surface area contributed by atoms with Crippen molar-refractivity contribution in [3.63, 3.8) is 0 Å². The Bertz CT molecular complexity index is 394. The van der Waals surface area contributed by atoms with Crippen molar-refractivity contribution in [1.82, 2.24) is 0 Å². The second-order valence-electron chi connectivity index (χ2n) is 4.52. The van der Waals surface area contributed by atoms with Gasteiger partial charge in [0, 0.05) is 12.0 Å². The Kier molecular flexibility index (Phi) is 2.97. The zero-order valence-corrected chi connectivity index (χ0v) is 9.15. The summed E-state index contributed by atoms with van der Waals surface area (Å²) in [6, 6.07) is 7.95. The van der Waals surface area contributed by atoms with Gasteiger partial charge in [0.05, 0.1) is 6.42 Å². The van der Waals surface area contributed by atoms with Crippen LogP contribution < -0.4 is 0 Å². The number of rotatable bonds is 5. The van der Waals surface area contributed by atoms with Gasteiger partial charge < -0.3 is 10.2 Å². The van der Waals surface area contributed by atoms with Crippen LogP contribution in [0.5, 0.6) is 0 Å². The SMILES string of the molecule is O=C(O)CC1(c2cccc(CCO)c2)CC1. The molecule has 1 aliphatic carbocycles. The van der Waals surface area contributed by atoms with E-state index in [4.69, 9.17) is 10.2 Å². The molecule has 1 aliphatic rings. The summed E-state index contributed by atoms with van der Waals surface area (Å²) in [5.41, 5.74) is 2.06. The lowest BCUT2D eigenvalue weighted by molar-refractivity contribution is -0.137. The van der Waals surface area contributed by atoms with Crippen molar-refractivity contribution in [1.29, 1.82) is 0 Å². The lowest BCUT2D eigenvalue weighted by Crippen LogP contribution is -2.13. The van der Waals surface area contributed by atoms with Crippen molar-refractivity contribution in [3.05, 3.63) is 35.4 Å². The molecule has 0 radical (unpaired) electrons. The maximum Gasteiger partial charge on any atom is 0.304 e. The van der Waals surface area contributed by atoms with E-state index in [1.807, 2.05) is 24.3 Å². The van der Waals surface area contributed by atoms with Gasteiger partial charge in [-0.15, -0.1) is 0 Å². The molecule has 0 saturated heterocycles. The fourth-order valence-electron chi connectivity index (χ4n) is 2.19. The van der Waals surface area contributed by atoms with Gasteiger partial charge >= 0.3 is 5.97 Å². The Morgan fingerprint density at radius 3 is 2.69 bits per heavy atom. The van der Waals surface area contributed by atoms with Gasteiger partial charge in [0.2, 0.25) is 0 Å². The van der Waals surface area contributed by atoms with E-state index in [1.54, 1.807) is 0 Å². The monoisotopic (exact) mass is 220 g/mol. The first-order valence-corrected chi connectivity index (χ1v) is 5.58. The summed E-state index contributed by atoms with van der Waals surface area (Å²) in [5.74, 6) is -0.731. The van der Waals surface area contributed by atoms with Gasteiger partial charge in [-0.05, 0) is 30.4 Å². The third-order valence-electron chi connectivity index (χ3n) is 3.28. The summed E-state index contributed by atoms with van der Waals surface area (Å²) in [6.45, 7) is 0.134. The number of carbonyl (C=O) groups is 1. The average molecular weight is 220 g/mol. The van der Waals surface area contributed by atoms with E-state index in [0.29, 0.717) is 6.42 Å². The van der Waals surface area contributed by atoms with Gasteiger partial charge in [-0.2, -0.15) is 0 Å². The molecular weight excluding hydrogens is 204 g/mol. The molecule has 1 aromatic carbocycles. The molecule has 1 saturated carbocycles. The Morgan fingerprint density at radius 1 is 1.38 bits per heavy atom. The first-order valence-electron chi connectivity index (χ1n) is 5.58. The molecule has 0 bridgehead atoms. The molecule has 16 heavy (non-hydrogen) atoms. The number of hydrogen-bond acceptors (Lipinski definition) is 2. The highest BCUT2D eigenvalue weighted by atomic mass is 16.4. The van der Waals surface area contributed by atoms with Crippen LogP contribution in [-0.2, 0) is 16.6 Å². The lowest BCUT2D eigenvalue weighted by Gasteiger charge is -2.14. The third kappa shape index (κ3) is 2.25. The highest BCUT2D eigenvalue weighted by Crippen LogP contribution is 2.51. The smallest absolute Gasteiger partial charge is 0.304 e. The molecule has 0 unspecified atom stereocenters. The van der Waals surface area contributed by atoms with Crippen LogP contribution in [0.3, 0.4) is 0 Å². The Balaban J connectivity index is 2.20. The maximum absolute atomic E-state index is 10.8. The van der Waals surface area contributed by atoms with Crippen molar-refractivity contribution in [3.8, 4) is 0 Å². The van der Waals surface area contributed by atoms with Crippen LogP contribution in [0.15, 0.2) is 24.3 Å². The summed E-state index contributed by atoms with van der Waals surface area (Å²) in [4.78, 5) is 10.8. The number of aliphatic carboxylic acids is 1. The van der Waals surface area contributed by atoms with Crippen molar-refractivity contribution in [2.75, 3.05) is 6.61 Å². The van der Waals surface area contributed by atoms with Crippen LogP contribution in [-0.4, -0.2) is 22.8 Å². The van der Waals surface area contributed by atoms with Crippen LogP contribution in [0.25, 0.3) is 0 Å². The van der Waals surface area contributed by atoms with Gasteiger partial charge in [0.1, 0.15) is 0 Å². The van der Waals surface area contributed by atoms with Crippen LogP contribution in [0.2, 0.25) is 0 Å². The first kappa shape index (κ1) is 11.1. The maximum atomic E-state index is 10.8. The second-order valence-corrected chi connectivity index (χ2v) is 4.52. The van der Waals surface area contributed by atoms with Gasteiger partial charge in [-0.1, -0.05) is 24.3 Å². The van der Waals surface area contributed by atoms with E-state index in [2.05, 4.69) is 0 Å². The largest absolute Gasteiger partial charge is 0.481 e. The summed E-state index contributed by atoms with van der Waals surface area (Å²) in [6.07, 6.45) is 2.77. The van der Waals surface area contributed by atoms with Gasteiger partial charge in [0.25, 0.3) is 0 Å². The Labute approximate surface area is 94.7 Å². The number of benzene rings is 1. The van der Waals surface area contributed by atoms with E-state index in [0.717, 1.165) is 24.0 Å². The molecule has 0 heterocycles. The molecule has 0 aliphatic heterocycles. The lowest BCUT2D eigenvalue weighted by atomic mass is 9.91. The molecule has 3 nitrogen and oxygen atoms in total. The number of hydrogen-bond donors (Lipinski definition) is 2. The predicted octanol–water partition coefficient (Wildman–Crippen LogP) is 1.73. The van der Waals surface area contributed by atoms with Gasteiger partial charge in [0.15, 0.2) is 0 Å². The summed E-state index contributed by atoms with van der Waals surface area (Å²) < 4.78 is 0. The molecule has 1 aromatic rings. The highest BCUT2D eigenvalue weighted by Gasteiger charge is 2.45. The van der Waals surface area contributed by atoms with Crippen LogP contribution in [0.1, 0.15) is 30.4 Å². The zero-order chi connectivity index (χ0) is 11.6. The van der Waals surface area contributed by atoms with E-state index in [9.17, 15) is 4.79 Å². The normalized spacial score (nSPS) is 17.1. The molecule has 2 rings (SSSR count). The minimum atomic E-state index is -0.731. The number of carboxylic acid groups (broad SMARTS) is 1. The Morgan fingerprint density at radius 2 is 2.12 bits per heavy atom. The number of carboxylic acids is 1. The van der Waals surface area contributed by atoms with E-state index in [-0.39, 0.29) is 18.4 Å². The second kappa shape index (κ2) is 4.26. The molecule has 3 heteroatoms. The van der Waals surface area contributed by atoms with Crippen molar-refractivity contribution < 1.29 is 15.0 Å².